The zero-order valence-electron chi connectivity index (χ0n) is 15.9. The molecule has 0 aliphatic carbocycles. The van der Waals surface area contributed by atoms with E-state index >= 15 is 0 Å². The Balaban J connectivity index is 0.00000225. The Morgan fingerprint density at radius 3 is 2.50 bits per heavy atom. The van der Waals surface area contributed by atoms with Gasteiger partial charge in [0.15, 0.2) is 0 Å². The largest absolute Gasteiger partial charge is 0.333 e. The Morgan fingerprint density at radius 2 is 1.86 bits per heavy atom. The van der Waals surface area contributed by atoms with Gasteiger partial charge in [-0.05, 0) is 43.2 Å². The van der Waals surface area contributed by atoms with E-state index < -0.39 is 0 Å². The molecule has 2 aromatic heterocycles. The number of halogens is 1. The molecule has 1 N–H and O–H groups in total. The lowest BCUT2D eigenvalue weighted by atomic mass is 10.0. The molecule has 146 valence electrons. The molecule has 0 saturated carbocycles. The van der Waals surface area contributed by atoms with Gasteiger partial charge in [0.1, 0.15) is 18.5 Å². The van der Waals surface area contributed by atoms with Crippen molar-refractivity contribution >= 4 is 18.3 Å². The molecule has 1 atom stereocenters. The van der Waals surface area contributed by atoms with Gasteiger partial charge in [-0.1, -0.05) is 12.1 Å². The predicted molar refractivity (Wildman–Crippen MR) is 110 cm³/mol. The van der Waals surface area contributed by atoms with E-state index in [1.165, 1.54) is 0 Å². The number of benzene rings is 1. The van der Waals surface area contributed by atoms with Crippen LogP contribution in [-0.2, 0) is 0 Å². The summed E-state index contributed by atoms with van der Waals surface area (Å²) in [5, 5.41) is 11.0. The number of nitrogens with zero attached hydrogens (tertiary/aromatic N) is 5. The van der Waals surface area contributed by atoms with Crippen LogP contribution in [0.4, 0.5) is 0 Å². The quantitative estimate of drug-likeness (QED) is 0.733. The summed E-state index contributed by atoms with van der Waals surface area (Å²) in [5.41, 5.74) is 3.80. The molecular weight excluding hydrogens is 376 g/mol. The number of rotatable bonds is 3. The van der Waals surface area contributed by atoms with Crippen molar-refractivity contribution in [3.8, 4) is 16.9 Å². The number of aryl methyl sites for hydroxylation is 1. The average molecular weight is 399 g/mol. The molecule has 8 heteroatoms. The molecule has 1 aliphatic heterocycles. The fourth-order valence-electron chi connectivity index (χ4n) is 3.42. The first-order chi connectivity index (χ1) is 13.1. The topological polar surface area (TPSA) is 75.9 Å². The summed E-state index contributed by atoms with van der Waals surface area (Å²) in [5.74, 6) is 0.899. The zero-order valence-corrected chi connectivity index (χ0v) is 16.7. The van der Waals surface area contributed by atoms with E-state index in [1.807, 2.05) is 42.3 Å². The molecule has 1 unspecified atom stereocenters. The summed E-state index contributed by atoms with van der Waals surface area (Å²) < 4.78 is 1.79. The van der Waals surface area contributed by atoms with Crippen molar-refractivity contribution in [2.75, 3.05) is 19.6 Å². The molecule has 1 saturated heterocycles. The lowest BCUT2D eigenvalue weighted by Gasteiger charge is -2.34. The normalized spacial score (nSPS) is 16.5. The Hall–Kier alpha value is -2.77. The second kappa shape index (κ2) is 8.50. The smallest absolute Gasteiger partial charge is 0.254 e. The van der Waals surface area contributed by atoms with Crippen molar-refractivity contribution in [2.24, 2.45) is 0 Å². The molecule has 0 bridgehead atoms. The maximum Gasteiger partial charge on any atom is 0.254 e. The second-order valence-corrected chi connectivity index (χ2v) is 6.86. The molecule has 28 heavy (non-hydrogen) atoms. The summed E-state index contributed by atoms with van der Waals surface area (Å²) >= 11 is 0. The first-order valence-electron chi connectivity index (χ1n) is 9.07. The summed E-state index contributed by atoms with van der Waals surface area (Å²) in [4.78, 5) is 19.2. The molecular formula is C20H23ClN6O. The monoisotopic (exact) mass is 398 g/mol. The van der Waals surface area contributed by atoms with E-state index in [1.54, 1.807) is 17.2 Å². The molecule has 4 rings (SSSR count). The van der Waals surface area contributed by atoms with E-state index in [4.69, 9.17) is 0 Å². The van der Waals surface area contributed by atoms with Gasteiger partial charge in [-0.25, -0.2) is 4.98 Å². The van der Waals surface area contributed by atoms with Gasteiger partial charge in [0.2, 0.25) is 0 Å². The fraction of sp³-hybridized carbons (Fsp3) is 0.300. The van der Waals surface area contributed by atoms with Crippen LogP contribution < -0.4 is 5.32 Å². The first-order valence-corrected chi connectivity index (χ1v) is 9.07. The molecule has 3 aromatic rings. The maximum atomic E-state index is 12.8. The number of aromatic nitrogens is 4. The van der Waals surface area contributed by atoms with Crippen molar-refractivity contribution in [2.45, 2.75) is 19.9 Å². The summed E-state index contributed by atoms with van der Waals surface area (Å²) in [7, 11) is 0. The van der Waals surface area contributed by atoms with Crippen molar-refractivity contribution in [1.82, 2.24) is 30.0 Å². The van der Waals surface area contributed by atoms with Crippen LogP contribution in [0.1, 0.15) is 22.8 Å². The van der Waals surface area contributed by atoms with Gasteiger partial charge >= 0.3 is 0 Å². The highest BCUT2D eigenvalue weighted by molar-refractivity contribution is 5.95. The zero-order chi connectivity index (χ0) is 18.8. The lowest BCUT2D eigenvalue weighted by Crippen LogP contribution is -2.52. The van der Waals surface area contributed by atoms with Gasteiger partial charge in [-0.3, -0.25) is 9.36 Å². The molecule has 1 fully saturated rings. The molecule has 7 nitrogen and oxygen atoms in total. The molecule has 3 heterocycles. The number of hydrogen-bond donors (Lipinski definition) is 1. The molecule has 1 aromatic carbocycles. The van der Waals surface area contributed by atoms with Crippen LogP contribution in [0.25, 0.3) is 16.9 Å². The highest BCUT2D eigenvalue weighted by Gasteiger charge is 2.23. The van der Waals surface area contributed by atoms with Crippen molar-refractivity contribution < 1.29 is 4.79 Å². The summed E-state index contributed by atoms with van der Waals surface area (Å²) in [6.45, 7) is 6.51. The van der Waals surface area contributed by atoms with Gasteiger partial charge < -0.3 is 10.2 Å². The van der Waals surface area contributed by atoms with E-state index in [2.05, 4.69) is 33.5 Å². The SMILES string of the molecule is Cc1cc(-c2ccc(C(=O)N3CCNCC3C)cc2)cnc1-n1cnnc1.Cl. The standard InChI is InChI=1S/C20H22N6O.ClH/c1-14-9-18(11-22-19(14)25-12-23-24-13-25)16-3-5-17(6-4-16)20(27)26-8-7-21-10-15(26)2;/h3-6,9,11-13,15,21H,7-8,10H2,1-2H3;1H. The Bertz CT molecular complexity index is 942. The lowest BCUT2D eigenvalue weighted by molar-refractivity contribution is 0.0656. The number of amides is 1. The minimum atomic E-state index is 0. The number of carbonyl (C=O) groups excluding carboxylic acids is 1. The van der Waals surface area contributed by atoms with E-state index in [0.717, 1.165) is 47.7 Å². The second-order valence-electron chi connectivity index (χ2n) is 6.86. The van der Waals surface area contributed by atoms with Gasteiger partial charge in [-0.2, -0.15) is 0 Å². The van der Waals surface area contributed by atoms with Crippen LogP contribution in [0.15, 0.2) is 49.2 Å². The van der Waals surface area contributed by atoms with Gasteiger partial charge in [0.05, 0.1) is 0 Å². The molecule has 0 spiro atoms. The van der Waals surface area contributed by atoms with Crippen LogP contribution >= 0.6 is 12.4 Å². The van der Waals surface area contributed by atoms with Crippen LogP contribution in [0.2, 0.25) is 0 Å². The van der Waals surface area contributed by atoms with Crippen molar-refractivity contribution in [3.63, 3.8) is 0 Å². The minimum absolute atomic E-state index is 0. The predicted octanol–water partition coefficient (Wildman–Crippen LogP) is 2.49. The van der Waals surface area contributed by atoms with Crippen LogP contribution in [0, 0.1) is 6.92 Å². The molecule has 1 amide bonds. The van der Waals surface area contributed by atoms with Crippen LogP contribution in [0.3, 0.4) is 0 Å². The third-order valence-electron chi connectivity index (χ3n) is 4.94. The van der Waals surface area contributed by atoms with Crippen LogP contribution in [-0.4, -0.2) is 56.2 Å². The van der Waals surface area contributed by atoms with Crippen molar-refractivity contribution in [3.05, 3.63) is 60.3 Å². The number of pyridine rings is 1. The maximum absolute atomic E-state index is 12.8. The number of hydrogen-bond acceptors (Lipinski definition) is 5. The highest BCUT2D eigenvalue weighted by Crippen LogP contribution is 2.23. The van der Waals surface area contributed by atoms with E-state index in [9.17, 15) is 4.79 Å². The fourth-order valence-corrected chi connectivity index (χ4v) is 3.42. The van der Waals surface area contributed by atoms with Crippen molar-refractivity contribution in [1.29, 1.82) is 0 Å². The third-order valence-corrected chi connectivity index (χ3v) is 4.94. The Kier molecular flexibility index (Phi) is 6.06. The number of nitrogens with one attached hydrogen (secondary N) is 1. The highest BCUT2D eigenvalue weighted by atomic mass is 35.5. The first kappa shape index (κ1) is 20.0. The molecule has 0 radical (unpaired) electrons. The number of piperazine rings is 1. The average Bonchev–Trinajstić information content (AvgIpc) is 3.22. The summed E-state index contributed by atoms with van der Waals surface area (Å²) in [6.07, 6.45) is 5.09. The van der Waals surface area contributed by atoms with Crippen LogP contribution in [0.5, 0.6) is 0 Å². The molecule has 1 aliphatic rings. The summed E-state index contributed by atoms with van der Waals surface area (Å²) in [6, 6.07) is 10.1. The Labute approximate surface area is 170 Å². The number of carbonyl (C=O) groups is 1. The van der Waals surface area contributed by atoms with Gasteiger partial charge in [0.25, 0.3) is 5.91 Å². The van der Waals surface area contributed by atoms with E-state index in [0.29, 0.717) is 0 Å². The Morgan fingerprint density at radius 1 is 1.14 bits per heavy atom. The van der Waals surface area contributed by atoms with E-state index in [-0.39, 0.29) is 24.4 Å². The minimum Gasteiger partial charge on any atom is -0.333 e. The van der Waals surface area contributed by atoms with Gasteiger partial charge in [0, 0.05) is 43.0 Å². The van der Waals surface area contributed by atoms with Gasteiger partial charge in [-0.15, -0.1) is 22.6 Å². The third kappa shape index (κ3) is 3.90.